The number of carbonyl (C=O) groups excluding carboxylic acids is 1. The summed E-state index contributed by atoms with van der Waals surface area (Å²) < 4.78 is 1.48. The fraction of sp³-hybridized carbons (Fsp3) is 0.786. The number of carbonyl (C=O) groups is 1. The van der Waals surface area contributed by atoms with Crippen LogP contribution in [-0.2, 0) is 4.79 Å². The van der Waals surface area contributed by atoms with E-state index in [1.807, 2.05) is 0 Å². The highest BCUT2D eigenvalue weighted by Gasteiger charge is 2.01. The molecule has 0 fully saturated rings. The van der Waals surface area contributed by atoms with E-state index in [9.17, 15) is 4.79 Å². The maximum Gasteiger partial charge on any atom is 0.238 e. The lowest BCUT2D eigenvalue weighted by Crippen LogP contribution is -2.20. The zero-order valence-corrected chi connectivity index (χ0v) is 12.0. The zero-order valence-electron chi connectivity index (χ0n) is 12.0. The van der Waals surface area contributed by atoms with Gasteiger partial charge in [0, 0.05) is 6.42 Å². The van der Waals surface area contributed by atoms with E-state index in [1.54, 1.807) is 0 Å². The lowest BCUT2D eigenvalue weighted by atomic mass is 10.1. The second-order valence-corrected chi connectivity index (χ2v) is 4.98. The van der Waals surface area contributed by atoms with Crippen LogP contribution in [0.5, 0.6) is 0 Å². The Morgan fingerprint density at radius 2 is 1.47 bits per heavy atom. The van der Waals surface area contributed by atoms with Gasteiger partial charge in [-0.3, -0.25) is 10.2 Å². The van der Waals surface area contributed by atoms with E-state index >= 15 is 0 Å². The predicted molar refractivity (Wildman–Crippen MR) is 76.2 cm³/mol. The van der Waals surface area contributed by atoms with Gasteiger partial charge in [0.15, 0.2) is 0 Å². The van der Waals surface area contributed by atoms with Crippen molar-refractivity contribution >= 4 is 5.91 Å². The van der Waals surface area contributed by atoms with Gasteiger partial charge < -0.3 is 0 Å². The van der Waals surface area contributed by atoms with Gasteiger partial charge in [-0.25, -0.2) is 4.68 Å². The molecule has 1 rings (SSSR count). The molecule has 0 aromatic carbocycles. The molecule has 19 heavy (non-hydrogen) atoms. The Kier molecular flexibility index (Phi) is 8.68. The second kappa shape index (κ2) is 10.5. The number of hydrogen-bond donors (Lipinski definition) is 1. The molecule has 0 aliphatic rings. The summed E-state index contributed by atoms with van der Waals surface area (Å²) in [6.07, 6.45) is 14.9. The van der Waals surface area contributed by atoms with Crippen LogP contribution in [0.25, 0.3) is 0 Å². The summed E-state index contributed by atoms with van der Waals surface area (Å²) in [4.78, 5) is 11.5. The van der Waals surface area contributed by atoms with Gasteiger partial charge in [0.2, 0.25) is 5.91 Å². The first-order valence-electron chi connectivity index (χ1n) is 7.47. The number of nitrogens with one attached hydrogen (secondary N) is 1. The SMILES string of the molecule is CCCCCCCCCCCC(=O)Nn1cnnc1. The smallest absolute Gasteiger partial charge is 0.238 e. The maximum atomic E-state index is 11.5. The van der Waals surface area contributed by atoms with Crippen LogP contribution >= 0.6 is 0 Å². The molecule has 1 aromatic heterocycles. The van der Waals surface area contributed by atoms with Gasteiger partial charge >= 0.3 is 0 Å². The summed E-state index contributed by atoms with van der Waals surface area (Å²) in [6, 6.07) is 0. The topological polar surface area (TPSA) is 59.8 Å². The molecule has 1 aromatic rings. The Labute approximate surface area is 115 Å². The van der Waals surface area contributed by atoms with Crippen LogP contribution < -0.4 is 5.43 Å². The highest BCUT2D eigenvalue weighted by Crippen LogP contribution is 2.10. The third kappa shape index (κ3) is 8.35. The summed E-state index contributed by atoms with van der Waals surface area (Å²) in [5.74, 6) is 0.0303. The first kappa shape index (κ1) is 15.7. The Hall–Kier alpha value is -1.39. The van der Waals surface area contributed by atoms with Crippen molar-refractivity contribution in [1.29, 1.82) is 0 Å². The summed E-state index contributed by atoms with van der Waals surface area (Å²) in [5.41, 5.74) is 2.70. The standard InChI is InChI=1S/C14H26N4O/c1-2-3-4-5-6-7-8-9-10-11-14(19)17-18-12-15-16-13-18/h12-13H,2-11H2,1H3,(H,17,19). The molecule has 0 atom stereocenters. The number of rotatable bonds is 11. The molecule has 0 spiro atoms. The van der Waals surface area contributed by atoms with E-state index in [0.717, 1.165) is 12.8 Å². The molecule has 5 heteroatoms. The van der Waals surface area contributed by atoms with E-state index in [0.29, 0.717) is 6.42 Å². The molecule has 108 valence electrons. The molecule has 1 N–H and O–H groups in total. The van der Waals surface area contributed by atoms with Crippen molar-refractivity contribution in [2.45, 2.75) is 71.1 Å². The Balaban J connectivity index is 1.86. The largest absolute Gasteiger partial charge is 0.273 e. The van der Waals surface area contributed by atoms with Crippen LogP contribution in [0, 0.1) is 0 Å². The molecule has 1 amide bonds. The Morgan fingerprint density at radius 1 is 0.947 bits per heavy atom. The first-order chi connectivity index (χ1) is 9.33. The fourth-order valence-corrected chi connectivity index (χ4v) is 2.05. The van der Waals surface area contributed by atoms with Gasteiger partial charge in [-0.2, -0.15) is 0 Å². The lowest BCUT2D eigenvalue weighted by molar-refractivity contribution is -0.117. The van der Waals surface area contributed by atoms with E-state index in [4.69, 9.17) is 0 Å². The molecule has 0 saturated carbocycles. The molecular weight excluding hydrogens is 240 g/mol. The molecule has 0 bridgehead atoms. The van der Waals surface area contributed by atoms with Crippen LogP contribution in [0.1, 0.15) is 71.1 Å². The van der Waals surface area contributed by atoms with Crippen molar-refractivity contribution in [2.24, 2.45) is 0 Å². The summed E-state index contributed by atoms with van der Waals surface area (Å²) in [5, 5.41) is 7.25. The molecule has 0 aliphatic heterocycles. The van der Waals surface area contributed by atoms with Crippen molar-refractivity contribution in [1.82, 2.24) is 14.9 Å². The van der Waals surface area contributed by atoms with Crippen molar-refractivity contribution in [3.05, 3.63) is 12.7 Å². The van der Waals surface area contributed by atoms with Gasteiger partial charge in [0.1, 0.15) is 12.7 Å². The predicted octanol–water partition coefficient (Wildman–Crippen LogP) is 3.27. The second-order valence-electron chi connectivity index (χ2n) is 4.98. The normalized spacial score (nSPS) is 10.6. The third-order valence-corrected chi connectivity index (χ3v) is 3.18. The van der Waals surface area contributed by atoms with E-state index in [2.05, 4.69) is 22.5 Å². The molecule has 5 nitrogen and oxygen atoms in total. The monoisotopic (exact) mass is 266 g/mol. The minimum absolute atomic E-state index is 0.0303. The number of hydrogen-bond acceptors (Lipinski definition) is 3. The van der Waals surface area contributed by atoms with Crippen LogP contribution in [0.3, 0.4) is 0 Å². The zero-order chi connectivity index (χ0) is 13.8. The van der Waals surface area contributed by atoms with E-state index < -0.39 is 0 Å². The van der Waals surface area contributed by atoms with Crippen molar-refractivity contribution in [2.75, 3.05) is 5.43 Å². The van der Waals surface area contributed by atoms with Crippen molar-refractivity contribution in [3.8, 4) is 0 Å². The Bertz CT molecular complexity index is 324. The number of aromatic nitrogens is 3. The van der Waals surface area contributed by atoms with E-state index in [1.165, 1.54) is 62.3 Å². The summed E-state index contributed by atoms with van der Waals surface area (Å²) in [7, 11) is 0. The summed E-state index contributed by atoms with van der Waals surface area (Å²) >= 11 is 0. The Morgan fingerprint density at radius 3 is 2.05 bits per heavy atom. The molecule has 0 saturated heterocycles. The van der Waals surface area contributed by atoms with Gasteiger partial charge in [-0.1, -0.05) is 58.3 Å². The molecular formula is C14H26N4O. The summed E-state index contributed by atoms with van der Waals surface area (Å²) in [6.45, 7) is 2.24. The average molecular weight is 266 g/mol. The number of amides is 1. The van der Waals surface area contributed by atoms with Gasteiger partial charge in [0.25, 0.3) is 0 Å². The molecule has 0 aliphatic carbocycles. The highest BCUT2D eigenvalue weighted by molar-refractivity contribution is 5.83. The maximum absolute atomic E-state index is 11.5. The molecule has 1 heterocycles. The highest BCUT2D eigenvalue weighted by atomic mass is 16.2. The number of nitrogens with zero attached hydrogens (tertiary/aromatic N) is 3. The van der Waals surface area contributed by atoms with Gasteiger partial charge in [-0.15, -0.1) is 10.2 Å². The third-order valence-electron chi connectivity index (χ3n) is 3.18. The minimum atomic E-state index is 0.0303. The van der Waals surface area contributed by atoms with E-state index in [-0.39, 0.29) is 5.91 Å². The first-order valence-corrected chi connectivity index (χ1v) is 7.47. The van der Waals surface area contributed by atoms with Crippen molar-refractivity contribution in [3.63, 3.8) is 0 Å². The van der Waals surface area contributed by atoms with Crippen LogP contribution in [0.2, 0.25) is 0 Å². The molecule has 0 unspecified atom stereocenters. The minimum Gasteiger partial charge on any atom is -0.273 e. The van der Waals surface area contributed by atoms with Crippen LogP contribution in [-0.4, -0.2) is 20.8 Å². The fourth-order valence-electron chi connectivity index (χ4n) is 2.05. The quantitative estimate of drug-likeness (QED) is 0.625. The molecule has 0 radical (unpaired) electrons. The van der Waals surface area contributed by atoms with Crippen LogP contribution in [0.4, 0.5) is 0 Å². The van der Waals surface area contributed by atoms with Gasteiger partial charge in [0.05, 0.1) is 0 Å². The lowest BCUT2D eigenvalue weighted by Gasteiger charge is -2.04. The van der Waals surface area contributed by atoms with Crippen LogP contribution in [0.15, 0.2) is 12.7 Å². The average Bonchev–Trinajstić information content (AvgIpc) is 2.89. The number of unbranched alkanes of at least 4 members (excludes halogenated alkanes) is 8. The van der Waals surface area contributed by atoms with Gasteiger partial charge in [-0.05, 0) is 6.42 Å². The van der Waals surface area contributed by atoms with Crippen molar-refractivity contribution < 1.29 is 4.79 Å².